The van der Waals surface area contributed by atoms with Gasteiger partial charge in [0.2, 0.25) is 11.8 Å². The zero-order chi connectivity index (χ0) is 20.8. The van der Waals surface area contributed by atoms with E-state index >= 15 is 0 Å². The van der Waals surface area contributed by atoms with Crippen LogP contribution in [0.5, 0.6) is 0 Å². The summed E-state index contributed by atoms with van der Waals surface area (Å²) in [5.74, 6) is -0.821. The van der Waals surface area contributed by atoms with Crippen LogP contribution in [0, 0.1) is 6.92 Å². The highest BCUT2D eigenvalue weighted by Gasteiger charge is 2.19. The van der Waals surface area contributed by atoms with Gasteiger partial charge < -0.3 is 10.6 Å². The van der Waals surface area contributed by atoms with Crippen LogP contribution >= 0.6 is 11.3 Å². The van der Waals surface area contributed by atoms with Crippen molar-refractivity contribution in [1.29, 1.82) is 0 Å². The van der Waals surface area contributed by atoms with Crippen LogP contribution in [-0.4, -0.2) is 32.9 Å². The Morgan fingerprint density at radius 2 is 2.03 bits per heavy atom. The predicted molar refractivity (Wildman–Crippen MR) is 106 cm³/mol. The number of aromatic nitrogens is 3. The number of anilines is 1. The van der Waals surface area contributed by atoms with Crippen LogP contribution in [-0.2, 0) is 9.59 Å². The van der Waals surface area contributed by atoms with Crippen molar-refractivity contribution in [1.82, 2.24) is 19.9 Å². The van der Waals surface area contributed by atoms with Gasteiger partial charge in [-0.1, -0.05) is 41.7 Å². The Balaban J connectivity index is 1.57. The molecule has 0 saturated carbocycles. The molecule has 0 aliphatic carbocycles. The molecule has 0 spiro atoms. The van der Waals surface area contributed by atoms with Crippen molar-refractivity contribution in [2.75, 3.05) is 11.9 Å². The minimum atomic E-state index is -2.73. The second kappa shape index (κ2) is 9.20. The van der Waals surface area contributed by atoms with E-state index in [2.05, 4.69) is 20.6 Å². The number of alkyl halides is 2. The summed E-state index contributed by atoms with van der Waals surface area (Å²) in [5.41, 5.74) is 1.33. The van der Waals surface area contributed by atoms with Crippen LogP contribution in [0.1, 0.15) is 17.8 Å². The summed E-state index contributed by atoms with van der Waals surface area (Å²) >= 11 is 1.03. The Bertz CT molecular complexity index is 1030. The average molecular weight is 417 g/mol. The Hall–Kier alpha value is -3.40. The highest BCUT2D eigenvalue weighted by molar-refractivity contribution is 7.19. The van der Waals surface area contributed by atoms with Crippen molar-refractivity contribution < 1.29 is 18.4 Å². The molecule has 2 amide bonds. The number of halogens is 2. The molecule has 3 rings (SSSR count). The number of aryl methyl sites for hydroxylation is 1. The second-order valence-electron chi connectivity index (χ2n) is 5.88. The van der Waals surface area contributed by atoms with E-state index in [0.29, 0.717) is 10.6 Å². The third-order valence-corrected chi connectivity index (χ3v) is 4.84. The molecule has 0 aliphatic heterocycles. The molecule has 2 N–H and O–H groups in total. The largest absolute Gasteiger partial charge is 0.343 e. The van der Waals surface area contributed by atoms with Crippen molar-refractivity contribution in [3.8, 4) is 10.7 Å². The van der Waals surface area contributed by atoms with Gasteiger partial charge in [0.25, 0.3) is 0 Å². The van der Waals surface area contributed by atoms with Gasteiger partial charge in [0.15, 0.2) is 11.0 Å². The van der Waals surface area contributed by atoms with E-state index in [1.54, 1.807) is 13.0 Å². The zero-order valence-electron chi connectivity index (χ0n) is 15.3. The Morgan fingerprint density at radius 1 is 1.28 bits per heavy atom. The smallest absolute Gasteiger partial charge is 0.320 e. The average Bonchev–Trinajstić information content (AvgIpc) is 3.32. The fraction of sp³-hybridized carbons (Fsp3) is 0.158. The minimum Gasteiger partial charge on any atom is -0.343 e. The van der Waals surface area contributed by atoms with Crippen molar-refractivity contribution in [2.45, 2.75) is 13.5 Å². The van der Waals surface area contributed by atoms with Crippen LogP contribution in [0.25, 0.3) is 16.8 Å². The van der Waals surface area contributed by atoms with Gasteiger partial charge in [-0.05, 0) is 18.6 Å². The summed E-state index contributed by atoms with van der Waals surface area (Å²) in [4.78, 5) is 32.4. The molecule has 0 atom stereocenters. The number of hydrogen-bond acceptors (Lipinski definition) is 5. The van der Waals surface area contributed by atoms with Gasteiger partial charge in [-0.2, -0.15) is 8.78 Å². The third kappa shape index (κ3) is 5.32. The number of amides is 2. The summed E-state index contributed by atoms with van der Waals surface area (Å²) < 4.78 is 26.8. The molecule has 0 fully saturated rings. The first kappa shape index (κ1) is 20.3. The minimum absolute atomic E-state index is 0.0786. The van der Waals surface area contributed by atoms with Crippen LogP contribution < -0.4 is 10.6 Å². The predicted octanol–water partition coefficient (Wildman–Crippen LogP) is 3.48. The summed E-state index contributed by atoms with van der Waals surface area (Å²) in [6.07, 6.45) is 5.42. The highest BCUT2D eigenvalue weighted by Crippen LogP contribution is 2.33. The SMILES string of the molecule is Cc1nc(NC(=O)CNC(=O)/C=C/c2ccccc2)sc1-c1nccn1C(F)F. The standard InChI is InChI=1S/C19H17F2N5O2S/c1-12-16(17-22-9-10-26(17)18(20)21)29-19(24-12)25-15(28)11-23-14(27)8-7-13-5-3-2-4-6-13/h2-10,18H,11H2,1H3,(H,23,27)(H,24,25,28)/b8-7+. The monoisotopic (exact) mass is 417 g/mol. The van der Waals surface area contributed by atoms with Crippen molar-refractivity contribution in [3.63, 3.8) is 0 Å². The second-order valence-corrected chi connectivity index (χ2v) is 6.88. The molecule has 7 nitrogen and oxygen atoms in total. The number of nitrogens with zero attached hydrogens (tertiary/aromatic N) is 3. The van der Waals surface area contributed by atoms with E-state index in [4.69, 9.17) is 0 Å². The molecule has 3 aromatic rings. The first-order chi connectivity index (χ1) is 13.9. The van der Waals surface area contributed by atoms with E-state index in [-0.39, 0.29) is 17.5 Å². The van der Waals surface area contributed by atoms with Crippen LogP contribution in [0.3, 0.4) is 0 Å². The highest BCUT2D eigenvalue weighted by atomic mass is 32.1. The van der Waals surface area contributed by atoms with E-state index < -0.39 is 18.4 Å². The molecule has 29 heavy (non-hydrogen) atoms. The van der Waals surface area contributed by atoms with Gasteiger partial charge >= 0.3 is 6.55 Å². The Kier molecular flexibility index (Phi) is 6.45. The fourth-order valence-electron chi connectivity index (χ4n) is 2.43. The van der Waals surface area contributed by atoms with Gasteiger partial charge in [-0.15, -0.1) is 0 Å². The third-order valence-electron chi connectivity index (χ3n) is 3.77. The number of rotatable bonds is 7. The first-order valence-corrected chi connectivity index (χ1v) is 9.35. The summed E-state index contributed by atoms with van der Waals surface area (Å²) in [6, 6.07) is 9.26. The zero-order valence-corrected chi connectivity index (χ0v) is 16.1. The molecule has 0 saturated heterocycles. The Labute approximate surface area is 169 Å². The van der Waals surface area contributed by atoms with Gasteiger partial charge in [0, 0.05) is 18.5 Å². The summed E-state index contributed by atoms with van der Waals surface area (Å²) in [7, 11) is 0. The first-order valence-electron chi connectivity index (χ1n) is 8.53. The molecule has 1 aromatic carbocycles. The maximum absolute atomic E-state index is 13.0. The lowest BCUT2D eigenvalue weighted by Crippen LogP contribution is -2.31. The van der Waals surface area contributed by atoms with E-state index in [0.717, 1.165) is 21.5 Å². The number of thiazole rings is 1. The fourth-order valence-corrected chi connectivity index (χ4v) is 3.41. The molecular formula is C19H17F2N5O2S. The van der Waals surface area contributed by atoms with E-state index in [1.807, 2.05) is 30.3 Å². The number of imidazole rings is 1. The summed E-state index contributed by atoms with van der Waals surface area (Å²) in [6.45, 7) is -1.34. The lowest BCUT2D eigenvalue weighted by molar-refractivity contribution is -0.121. The maximum atomic E-state index is 13.0. The molecule has 2 aromatic heterocycles. The lowest BCUT2D eigenvalue weighted by atomic mass is 10.2. The lowest BCUT2D eigenvalue weighted by Gasteiger charge is -2.04. The number of carbonyl (C=O) groups is 2. The van der Waals surface area contributed by atoms with Gasteiger partial charge in [-0.25, -0.2) is 9.97 Å². The van der Waals surface area contributed by atoms with Crippen molar-refractivity contribution >= 4 is 34.4 Å². The number of carbonyl (C=O) groups excluding carboxylic acids is 2. The van der Waals surface area contributed by atoms with Gasteiger partial charge in [-0.3, -0.25) is 14.2 Å². The van der Waals surface area contributed by atoms with Crippen molar-refractivity contribution in [3.05, 3.63) is 60.1 Å². The molecule has 0 unspecified atom stereocenters. The maximum Gasteiger partial charge on any atom is 0.320 e. The topological polar surface area (TPSA) is 88.9 Å². The molecule has 0 radical (unpaired) electrons. The van der Waals surface area contributed by atoms with Crippen LogP contribution in [0.4, 0.5) is 13.9 Å². The molecule has 150 valence electrons. The van der Waals surface area contributed by atoms with Crippen LogP contribution in [0.2, 0.25) is 0 Å². The molecule has 0 bridgehead atoms. The molecular weight excluding hydrogens is 400 g/mol. The van der Waals surface area contributed by atoms with Gasteiger partial charge in [0.1, 0.15) is 0 Å². The van der Waals surface area contributed by atoms with Crippen molar-refractivity contribution in [2.24, 2.45) is 0 Å². The normalized spacial score (nSPS) is 11.2. The number of nitrogens with one attached hydrogen (secondary N) is 2. The van der Waals surface area contributed by atoms with Gasteiger partial charge in [0.05, 0.1) is 17.1 Å². The molecule has 10 heteroatoms. The quantitative estimate of drug-likeness (QED) is 0.576. The summed E-state index contributed by atoms with van der Waals surface area (Å²) in [5, 5.41) is 5.25. The number of hydrogen-bond donors (Lipinski definition) is 2. The van der Waals surface area contributed by atoms with E-state index in [9.17, 15) is 18.4 Å². The Morgan fingerprint density at radius 3 is 2.76 bits per heavy atom. The number of benzene rings is 1. The molecule has 2 heterocycles. The van der Waals surface area contributed by atoms with Crippen LogP contribution in [0.15, 0.2) is 48.8 Å². The van der Waals surface area contributed by atoms with E-state index in [1.165, 1.54) is 18.5 Å². The molecule has 0 aliphatic rings.